The third-order valence-electron chi connectivity index (χ3n) is 5.10. The Balaban J connectivity index is 1.81. The zero-order valence-corrected chi connectivity index (χ0v) is 16.5. The maximum atomic E-state index is 12.9. The molecular weight excluding hydrogens is 400 g/mol. The number of fused-ring (bicyclic) bond motifs is 1. The molecule has 2 N–H and O–H groups in total. The van der Waals surface area contributed by atoms with E-state index in [2.05, 4.69) is 44.6 Å². The van der Waals surface area contributed by atoms with Gasteiger partial charge in [0, 0.05) is 43.0 Å². The molecule has 26 heavy (non-hydrogen) atoms. The van der Waals surface area contributed by atoms with Crippen molar-refractivity contribution in [1.82, 2.24) is 19.8 Å². The number of nitrogens with one attached hydrogen (secondary N) is 1. The highest BCUT2D eigenvalue weighted by atomic mass is 79.9. The number of piperidine rings is 1. The van der Waals surface area contributed by atoms with E-state index in [-0.39, 0.29) is 18.0 Å². The van der Waals surface area contributed by atoms with E-state index in [0.717, 1.165) is 21.9 Å². The molecule has 1 saturated heterocycles. The summed E-state index contributed by atoms with van der Waals surface area (Å²) >= 11 is 3.40. The van der Waals surface area contributed by atoms with Crippen LogP contribution in [0.2, 0.25) is 0 Å². The zero-order chi connectivity index (χ0) is 18.8. The molecule has 3 rings (SSSR count). The first kappa shape index (κ1) is 18.7. The molecule has 0 saturated carbocycles. The van der Waals surface area contributed by atoms with E-state index in [1.807, 2.05) is 12.3 Å². The monoisotopic (exact) mass is 422 g/mol. The van der Waals surface area contributed by atoms with Crippen molar-refractivity contribution in [3.05, 3.63) is 28.6 Å². The molecule has 140 valence electrons. The molecule has 2 aromatic rings. The van der Waals surface area contributed by atoms with Crippen LogP contribution in [0.5, 0.6) is 0 Å². The Labute approximate surface area is 160 Å². The van der Waals surface area contributed by atoms with Crippen molar-refractivity contribution < 1.29 is 14.7 Å². The molecule has 2 amide bonds. The van der Waals surface area contributed by atoms with Crippen molar-refractivity contribution in [1.29, 1.82) is 0 Å². The highest BCUT2D eigenvalue weighted by molar-refractivity contribution is 9.10. The fourth-order valence-corrected chi connectivity index (χ4v) is 3.66. The molecule has 0 radical (unpaired) electrons. The molecule has 0 bridgehead atoms. The second-order valence-corrected chi connectivity index (χ2v) is 7.56. The second kappa shape index (κ2) is 7.65. The Bertz CT molecular complexity index is 827. The van der Waals surface area contributed by atoms with Gasteiger partial charge in [0.1, 0.15) is 4.60 Å². The first-order valence-electron chi connectivity index (χ1n) is 8.85. The quantitative estimate of drug-likeness (QED) is 0.736. The number of nitrogens with zero attached hydrogens (tertiary/aromatic N) is 3. The van der Waals surface area contributed by atoms with Crippen molar-refractivity contribution in [2.24, 2.45) is 0 Å². The number of carbonyl (C=O) groups excluding carboxylic acids is 1. The maximum Gasteiger partial charge on any atom is 0.407 e. The first-order valence-corrected chi connectivity index (χ1v) is 9.64. The molecule has 1 aliphatic rings. The van der Waals surface area contributed by atoms with Crippen molar-refractivity contribution in [2.45, 2.75) is 45.2 Å². The van der Waals surface area contributed by atoms with Gasteiger partial charge in [0.05, 0.1) is 11.1 Å². The fraction of sp³-hybridized carbons (Fsp3) is 0.500. The minimum Gasteiger partial charge on any atom is -0.465 e. The van der Waals surface area contributed by atoms with Crippen LogP contribution in [0.25, 0.3) is 10.9 Å². The largest absolute Gasteiger partial charge is 0.465 e. The number of hydrogen-bond donors (Lipinski definition) is 2. The molecule has 0 spiro atoms. The summed E-state index contributed by atoms with van der Waals surface area (Å²) in [6.45, 7) is 5.13. The number of rotatable bonds is 4. The van der Waals surface area contributed by atoms with Gasteiger partial charge < -0.3 is 19.9 Å². The van der Waals surface area contributed by atoms with Crippen LogP contribution >= 0.6 is 15.9 Å². The Hall–Kier alpha value is -2.09. The van der Waals surface area contributed by atoms with Gasteiger partial charge >= 0.3 is 6.09 Å². The summed E-state index contributed by atoms with van der Waals surface area (Å²) in [4.78, 5) is 29.5. The number of carbonyl (C=O) groups is 2. The Morgan fingerprint density at radius 3 is 2.73 bits per heavy atom. The van der Waals surface area contributed by atoms with E-state index in [0.29, 0.717) is 31.5 Å². The Morgan fingerprint density at radius 1 is 1.42 bits per heavy atom. The third kappa shape index (κ3) is 3.70. The number of amides is 2. The van der Waals surface area contributed by atoms with Crippen LogP contribution in [-0.4, -0.2) is 50.7 Å². The molecule has 7 nitrogen and oxygen atoms in total. The van der Waals surface area contributed by atoms with Crippen molar-refractivity contribution >= 4 is 38.8 Å². The summed E-state index contributed by atoms with van der Waals surface area (Å²) in [5.74, 6) is -0.130. The number of aromatic nitrogens is 2. The summed E-state index contributed by atoms with van der Waals surface area (Å²) in [6.07, 6.45) is 4.94. The number of pyridine rings is 1. The predicted molar refractivity (Wildman–Crippen MR) is 103 cm³/mol. The standard InChI is InChI=1S/C18H23BrN4O3/c1-3-11(2)23-10-14(13-9-20-16(19)8-15(13)23)17(24)21-12-4-6-22(7-5-12)18(25)26/h8-12H,3-7H2,1-2H3,(H,21,24)(H,25,26). The number of carboxylic acid groups (broad SMARTS) is 1. The Morgan fingerprint density at radius 2 is 2.12 bits per heavy atom. The normalized spacial score (nSPS) is 16.7. The SMILES string of the molecule is CCC(C)n1cc(C(=O)NC2CCN(C(=O)O)CC2)c2cnc(Br)cc21. The molecule has 0 aromatic carbocycles. The number of hydrogen-bond acceptors (Lipinski definition) is 3. The lowest BCUT2D eigenvalue weighted by Crippen LogP contribution is -2.46. The predicted octanol–water partition coefficient (Wildman–Crippen LogP) is 3.64. The first-order chi connectivity index (χ1) is 12.4. The van der Waals surface area contributed by atoms with Gasteiger partial charge in [-0.2, -0.15) is 0 Å². The van der Waals surface area contributed by atoms with Gasteiger partial charge in [0.15, 0.2) is 0 Å². The second-order valence-electron chi connectivity index (χ2n) is 6.75. The van der Waals surface area contributed by atoms with Crippen LogP contribution in [-0.2, 0) is 0 Å². The lowest BCUT2D eigenvalue weighted by atomic mass is 10.0. The summed E-state index contributed by atoms with van der Waals surface area (Å²) in [7, 11) is 0. The topological polar surface area (TPSA) is 87.5 Å². The average Bonchev–Trinajstić information content (AvgIpc) is 3.00. The van der Waals surface area contributed by atoms with Gasteiger partial charge in [-0.05, 0) is 48.2 Å². The molecular formula is C18H23BrN4O3. The van der Waals surface area contributed by atoms with Crippen LogP contribution in [0, 0.1) is 0 Å². The van der Waals surface area contributed by atoms with Crippen molar-refractivity contribution in [2.75, 3.05) is 13.1 Å². The van der Waals surface area contributed by atoms with E-state index < -0.39 is 6.09 Å². The van der Waals surface area contributed by atoms with Crippen LogP contribution in [0.4, 0.5) is 4.79 Å². The van der Waals surface area contributed by atoms with Crippen molar-refractivity contribution in [3.8, 4) is 0 Å². The van der Waals surface area contributed by atoms with E-state index in [1.165, 1.54) is 4.90 Å². The molecule has 1 atom stereocenters. The molecule has 0 aliphatic carbocycles. The minimum atomic E-state index is -0.900. The summed E-state index contributed by atoms with van der Waals surface area (Å²) < 4.78 is 2.85. The lowest BCUT2D eigenvalue weighted by molar-refractivity contribution is 0.0908. The smallest absolute Gasteiger partial charge is 0.407 e. The van der Waals surface area contributed by atoms with Gasteiger partial charge in [-0.15, -0.1) is 0 Å². The van der Waals surface area contributed by atoms with Crippen LogP contribution in [0.15, 0.2) is 23.1 Å². The molecule has 1 aliphatic heterocycles. The van der Waals surface area contributed by atoms with Crippen LogP contribution < -0.4 is 5.32 Å². The summed E-state index contributed by atoms with van der Waals surface area (Å²) in [6, 6.07) is 2.19. The highest BCUT2D eigenvalue weighted by Crippen LogP contribution is 2.27. The van der Waals surface area contributed by atoms with Gasteiger partial charge in [-0.1, -0.05) is 6.92 Å². The lowest BCUT2D eigenvalue weighted by Gasteiger charge is -2.30. The molecule has 3 heterocycles. The molecule has 1 unspecified atom stereocenters. The fourth-order valence-electron chi connectivity index (χ4n) is 3.34. The highest BCUT2D eigenvalue weighted by Gasteiger charge is 2.25. The molecule has 8 heteroatoms. The van der Waals surface area contributed by atoms with Crippen LogP contribution in [0.3, 0.4) is 0 Å². The van der Waals surface area contributed by atoms with Gasteiger partial charge in [-0.3, -0.25) is 4.79 Å². The van der Waals surface area contributed by atoms with E-state index in [4.69, 9.17) is 5.11 Å². The van der Waals surface area contributed by atoms with E-state index in [1.54, 1.807) is 6.20 Å². The zero-order valence-electron chi connectivity index (χ0n) is 14.9. The molecule has 1 fully saturated rings. The average molecular weight is 423 g/mol. The van der Waals surface area contributed by atoms with Crippen molar-refractivity contribution in [3.63, 3.8) is 0 Å². The summed E-state index contributed by atoms with van der Waals surface area (Å²) in [5.41, 5.74) is 1.59. The third-order valence-corrected chi connectivity index (χ3v) is 5.53. The number of halogens is 1. The number of likely N-dealkylation sites (tertiary alicyclic amines) is 1. The molecule has 2 aromatic heterocycles. The minimum absolute atomic E-state index is 0.0106. The van der Waals surface area contributed by atoms with Gasteiger partial charge in [0.25, 0.3) is 5.91 Å². The van der Waals surface area contributed by atoms with Gasteiger partial charge in [-0.25, -0.2) is 9.78 Å². The summed E-state index contributed by atoms with van der Waals surface area (Å²) in [5, 5.41) is 12.9. The Kier molecular flexibility index (Phi) is 5.50. The van der Waals surface area contributed by atoms with Gasteiger partial charge in [0.2, 0.25) is 0 Å². The van der Waals surface area contributed by atoms with E-state index in [9.17, 15) is 9.59 Å². The van der Waals surface area contributed by atoms with E-state index >= 15 is 0 Å². The maximum absolute atomic E-state index is 12.9. The van der Waals surface area contributed by atoms with Crippen LogP contribution in [0.1, 0.15) is 49.5 Å².